The van der Waals surface area contributed by atoms with Gasteiger partial charge in [-0.25, -0.2) is 0 Å². The highest BCUT2D eigenvalue weighted by molar-refractivity contribution is 9.10. The monoisotopic (exact) mass is 481 g/mol. The number of non-ortho nitro benzene ring substituents is 1. The van der Waals surface area contributed by atoms with Gasteiger partial charge in [-0.3, -0.25) is 20.2 Å². The molecule has 0 bridgehead atoms. The topological polar surface area (TPSA) is 89.5 Å². The maximum Gasteiger partial charge on any atom is 0.418 e. The highest BCUT2D eigenvalue weighted by atomic mass is 79.9. The van der Waals surface area contributed by atoms with E-state index in [0.29, 0.717) is 28.0 Å². The third-order valence-corrected chi connectivity index (χ3v) is 4.58. The predicted octanol–water partition coefficient (Wildman–Crippen LogP) is 6.49. The minimum absolute atomic E-state index is 0.0119. The Bertz CT molecular complexity index is 940. The van der Waals surface area contributed by atoms with Crippen molar-refractivity contribution in [1.29, 1.82) is 0 Å². The molecule has 0 aliphatic carbocycles. The molecule has 0 spiro atoms. The average Bonchev–Trinajstić information content (AvgIpc) is 2.58. The zero-order valence-electron chi connectivity index (χ0n) is 14.2. The lowest BCUT2D eigenvalue weighted by Crippen LogP contribution is -2.24. The van der Waals surface area contributed by atoms with Crippen molar-refractivity contribution in [1.82, 2.24) is 0 Å². The Hall–Kier alpha value is -2.40. The van der Waals surface area contributed by atoms with Gasteiger partial charge in [-0.15, -0.1) is 0 Å². The zero-order valence-corrected chi connectivity index (χ0v) is 16.5. The Morgan fingerprint density at radius 1 is 1.14 bits per heavy atom. The Labute approximate surface area is 170 Å². The van der Waals surface area contributed by atoms with Crippen LogP contribution in [0.3, 0.4) is 0 Å². The first-order chi connectivity index (χ1) is 13.0. The van der Waals surface area contributed by atoms with Crippen molar-refractivity contribution in [3.8, 4) is 0 Å². The van der Waals surface area contributed by atoms with Crippen LogP contribution in [0.5, 0.6) is 0 Å². The number of nitro benzene ring substituents is 2. The molecule has 2 aromatic carbocycles. The van der Waals surface area contributed by atoms with Crippen LogP contribution in [0, 0.1) is 20.2 Å². The van der Waals surface area contributed by atoms with E-state index in [0.717, 1.165) is 4.90 Å². The normalized spacial score (nSPS) is 11.4. The Kier molecular flexibility index (Phi) is 6.50. The van der Waals surface area contributed by atoms with Gasteiger partial charge in [-0.05, 0) is 40.5 Å². The van der Waals surface area contributed by atoms with Crippen LogP contribution >= 0.6 is 27.5 Å². The molecule has 0 unspecified atom stereocenters. The standard InChI is InChI=1S/C16H12BrClF3N3O4/c1-2-5-22(13-4-3-9(18)6-12(13)17)15-11(16(19,20)21)7-10(23(25)26)8-14(15)24(27)28/h3-4,6-8H,2,5H2,1H3. The van der Waals surface area contributed by atoms with Crippen LogP contribution in [0.4, 0.5) is 35.9 Å². The van der Waals surface area contributed by atoms with Crippen LogP contribution in [-0.2, 0) is 6.18 Å². The van der Waals surface area contributed by atoms with Crippen LogP contribution in [0.25, 0.3) is 0 Å². The minimum atomic E-state index is -5.06. The number of alkyl halides is 3. The molecule has 2 aromatic rings. The maximum absolute atomic E-state index is 13.7. The SMILES string of the molecule is CCCN(c1ccc(Cl)cc1Br)c1c([N+](=O)[O-])cc([N+](=O)[O-])cc1C(F)(F)F. The average molecular weight is 483 g/mol. The summed E-state index contributed by atoms with van der Waals surface area (Å²) in [6.45, 7) is 1.67. The third kappa shape index (κ3) is 4.53. The van der Waals surface area contributed by atoms with E-state index in [-0.39, 0.29) is 12.2 Å². The quantitative estimate of drug-likeness (QED) is 0.347. The van der Waals surface area contributed by atoms with E-state index in [1.807, 2.05) is 0 Å². The Morgan fingerprint density at radius 2 is 1.79 bits per heavy atom. The lowest BCUT2D eigenvalue weighted by atomic mass is 10.1. The highest BCUT2D eigenvalue weighted by Crippen LogP contribution is 2.47. The summed E-state index contributed by atoms with van der Waals surface area (Å²) in [6.07, 6.45) is -4.71. The van der Waals surface area contributed by atoms with E-state index in [4.69, 9.17) is 11.6 Å². The van der Waals surface area contributed by atoms with Crippen molar-refractivity contribution in [2.75, 3.05) is 11.4 Å². The molecule has 28 heavy (non-hydrogen) atoms. The largest absolute Gasteiger partial charge is 0.418 e. The van der Waals surface area contributed by atoms with E-state index in [1.165, 1.54) is 18.2 Å². The van der Waals surface area contributed by atoms with Crippen LogP contribution < -0.4 is 4.90 Å². The minimum Gasteiger partial charge on any atom is -0.334 e. The van der Waals surface area contributed by atoms with Crippen LogP contribution in [-0.4, -0.2) is 16.4 Å². The summed E-state index contributed by atoms with van der Waals surface area (Å²) in [5.41, 5.74) is -4.07. The van der Waals surface area contributed by atoms with Gasteiger partial charge in [0.1, 0.15) is 5.69 Å². The van der Waals surface area contributed by atoms with E-state index in [2.05, 4.69) is 15.9 Å². The molecule has 0 radical (unpaired) electrons. The molecule has 0 aliphatic heterocycles. The first-order valence-electron chi connectivity index (χ1n) is 7.74. The number of nitrogens with zero attached hydrogens (tertiary/aromatic N) is 3. The van der Waals surface area contributed by atoms with Crippen molar-refractivity contribution in [3.05, 3.63) is 65.6 Å². The molecule has 0 saturated heterocycles. The molecule has 150 valence electrons. The summed E-state index contributed by atoms with van der Waals surface area (Å²) >= 11 is 9.08. The second-order valence-electron chi connectivity index (χ2n) is 5.62. The molecular weight excluding hydrogens is 471 g/mol. The summed E-state index contributed by atoms with van der Waals surface area (Å²) in [7, 11) is 0. The predicted molar refractivity (Wildman–Crippen MR) is 101 cm³/mol. The maximum atomic E-state index is 13.7. The smallest absolute Gasteiger partial charge is 0.334 e. The summed E-state index contributed by atoms with van der Waals surface area (Å²) in [6, 6.07) is 5.10. The molecule has 0 heterocycles. The van der Waals surface area contributed by atoms with E-state index >= 15 is 0 Å². The summed E-state index contributed by atoms with van der Waals surface area (Å²) in [4.78, 5) is 21.4. The van der Waals surface area contributed by atoms with Crippen LogP contribution in [0.15, 0.2) is 34.8 Å². The number of nitro groups is 2. The second kappa shape index (κ2) is 8.31. The fourth-order valence-corrected chi connectivity index (χ4v) is 3.52. The molecule has 0 amide bonds. The molecule has 0 aliphatic rings. The fourth-order valence-electron chi connectivity index (χ4n) is 2.63. The Balaban J connectivity index is 2.91. The van der Waals surface area contributed by atoms with E-state index in [1.54, 1.807) is 6.92 Å². The molecular formula is C16H12BrClF3N3O4. The zero-order chi connectivity index (χ0) is 21.2. The van der Waals surface area contributed by atoms with Gasteiger partial charge in [0, 0.05) is 22.1 Å². The number of rotatable bonds is 6. The Morgan fingerprint density at radius 3 is 2.25 bits per heavy atom. The van der Waals surface area contributed by atoms with Gasteiger partial charge in [0.15, 0.2) is 0 Å². The fraction of sp³-hybridized carbons (Fsp3) is 0.250. The van der Waals surface area contributed by atoms with Gasteiger partial charge in [-0.2, -0.15) is 13.2 Å². The van der Waals surface area contributed by atoms with Gasteiger partial charge < -0.3 is 4.90 Å². The molecule has 0 saturated carbocycles. The van der Waals surface area contributed by atoms with Crippen molar-refractivity contribution < 1.29 is 23.0 Å². The lowest BCUT2D eigenvalue weighted by molar-refractivity contribution is -0.394. The summed E-state index contributed by atoms with van der Waals surface area (Å²) in [5, 5.41) is 22.8. The van der Waals surface area contributed by atoms with Crippen LogP contribution in [0.2, 0.25) is 5.02 Å². The van der Waals surface area contributed by atoms with Gasteiger partial charge in [0.2, 0.25) is 0 Å². The first-order valence-corrected chi connectivity index (χ1v) is 8.91. The van der Waals surface area contributed by atoms with Crippen molar-refractivity contribution in [2.45, 2.75) is 19.5 Å². The number of halogens is 5. The van der Waals surface area contributed by atoms with E-state index in [9.17, 15) is 33.4 Å². The van der Waals surface area contributed by atoms with Gasteiger partial charge >= 0.3 is 6.18 Å². The lowest BCUT2D eigenvalue weighted by Gasteiger charge is -2.28. The molecule has 12 heteroatoms. The molecule has 2 rings (SSSR count). The van der Waals surface area contributed by atoms with Crippen molar-refractivity contribution in [3.63, 3.8) is 0 Å². The number of anilines is 2. The summed E-state index contributed by atoms with van der Waals surface area (Å²) in [5.74, 6) is 0. The molecule has 0 N–H and O–H groups in total. The second-order valence-corrected chi connectivity index (χ2v) is 6.91. The molecule has 0 fully saturated rings. The number of hydrogen-bond acceptors (Lipinski definition) is 5. The van der Waals surface area contributed by atoms with Crippen LogP contribution in [0.1, 0.15) is 18.9 Å². The number of hydrogen-bond donors (Lipinski definition) is 0. The summed E-state index contributed by atoms with van der Waals surface area (Å²) < 4.78 is 41.4. The van der Waals surface area contributed by atoms with E-state index < -0.39 is 38.6 Å². The molecule has 7 nitrogen and oxygen atoms in total. The molecule has 0 atom stereocenters. The molecule has 0 aromatic heterocycles. The van der Waals surface area contributed by atoms with Gasteiger partial charge in [0.25, 0.3) is 11.4 Å². The van der Waals surface area contributed by atoms with Crippen molar-refractivity contribution in [2.24, 2.45) is 0 Å². The highest BCUT2D eigenvalue weighted by Gasteiger charge is 2.41. The van der Waals surface area contributed by atoms with Gasteiger partial charge in [-0.1, -0.05) is 18.5 Å². The first kappa shape index (κ1) is 21.9. The van der Waals surface area contributed by atoms with Gasteiger partial charge in [0.05, 0.1) is 27.2 Å². The third-order valence-electron chi connectivity index (χ3n) is 3.71. The van der Waals surface area contributed by atoms with Crippen molar-refractivity contribution >= 4 is 50.3 Å². The number of benzene rings is 2.